The molecule has 1 fully saturated rings. The molecule has 2 unspecified atom stereocenters. The quantitative estimate of drug-likeness (QED) is 0.638. The van der Waals surface area contributed by atoms with Gasteiger partial charge in [-0.25, -0.2) is 0 Å². The third kappa shape index (κ3) is 5.30. The molecule has 2 rings (SSSR count). The predicted octanol–water partition coefficient (Wildman–Crippen LogP) is 5.32. The van der Waals surface area contributed by atoms with Gasteiger partial charge < -0.3 is 0 Å². The maximum atomic E-state index is 12.7. The first-order valence-electron chi connectivity index (χ1n) is 9.08. The smallest absolute Gasteiger partial charge is 0.165 e. The lowest BCUT2D eigenvalue weighted by Crippen LogP contribution is -2.27. The van der Waals surface area contributed by atoms with E-state index in [9.17, 15) is 9.59 Å². The van der Waals surface area contributed by atoms with E-state index < -0.39 is 0 Å². The van der Waals surface area contributed by atoms with E-state index in [0.717, 1.165) is 31.2 Å². The van der Waals surface area contributed by atoms with Gasteiger partial charge in [0.1, 0.15) is 5.78 Å². The summed E-state index contributed by atoms with van der Waals surface area (Å²) in [6.07, 6.45) is 5.57. The Morgan fingerprint density at radius 3 is 2.39 bits per heavy atom. The van der Waals surface area contributed by atoms with Crippen molar-refractivity contribution >= 4 is 11.6 Å². The Hall–Kier alpha value is -1.44. The normalized spacial score (nSPS) is 22.8. The van der Waals surface area contributed by atoms with Crippen LogP contribution in [0.15, 0.2) is 30.3 Å². The first kappa shape index (κ1) is 17.9. The van der Waals surface area contributed by atoms with Gasteiger partial charge in [-0.05, 0) is 30.6 Å². The molecular weight excluding hydrogens is 284 g/mol. The lowest BCUT2D eigenvalue weighted by molar-refractivity contribution is -0.121. The number of ketones is 2. The van der Waals surface area contributed by atoms with E-state index in [1.807, 2.05) is 30.3 Å². The Bertz CT molecular complexity index is 518. The van der Waals surface area contributed by atoms with Crippen LogP contribution in [0.4, 0.5) is 0 Å². The fourth-order valence-electron chi connectivity index (χ4n) is 3.89. The zero-order chi connectivity index (χ0) is 16.8. The second-order valence-electron chi connectivity index (χ2n) is 7.67. The van der Waals surface area contributed by atoms with E-state index in [1.54, 1.807) is 0 Å². The van der Waals surface area contributed by atoms with Crippen molar-refractivity contribution in [3.8, 4) is 0 Å². The van der Waals surface area contributed by atoms with Crippen molar-refractivity contribution in [1.82, 2.24) is 0 Å². The molecule has 1 saturated carbocycles. The highest BCUT2D eigenvalue weighted by Gasteiger charge is 2.31. The van der Waals surface area contributed by atoms with Crippen molar-refractivity contribution in [1.29, 1.82) is 0 Å². The minimum Gasteiger partial charge on any atom is -0.300 e. The molecule has 0 spiro atoms. The van der Waals surface area contributed by atoms with Crippen molar-refractivity contribution in [2.45, 2.75) is 59.3 Å². The molecule has 0 amide bonds. The first-order chi connectivity index (χ1) is 11.0. The largest absolute Gasteiger partial charge is 0.300 e. The van der Waals surface area contributed by atoms with E-state index in [0.29, 0.717) is 36.4 Å². The van der Waals surface area contributed by atoms with Gasteiger partial charge in [0, 0.05) is 24.3 Å². The van der Waals surface area contributed by atoms with Crippen LogP contribution < -0.4 is 0 Å². The van der Waals surface area contributed by atoms with Crippen LogP contribution in [0.2, 0.25) is 0 Å². The highest BCUT2D eigenvalue weighted by Crippen LogP contribution is 2.36. The zero-order valence-electron chi connectivity index (χ0n) is 14.8. The van der Waals surface area contributed by atoms with Gasteiger partial charge in [0.2, 0.25) is 0 Å². The van der Waals surface area contributed by atoms with E-state index in [-0.39, 0.29) is 11.7 Å². The van der Waals surface area contributed by atoms with Gasteiger partial charge in [0.15, 0.2) is 5.78 Å². The maximum absolute atomic E-state index is 12.7. The molecule has 0 heterocycles. The zero-order valence-corrected chi connectivity index (χ0v) is 14.8. The van der Waals surface area contributed by atoms with Crippen LogP contribution in [0.5, 0.6) is 0 Å². The Balaban J connectivity index is 1.92. The van der Waals surface area contributed by atoms with Crippen LogP contribution in [0.25, 0.3) is 0 Å². The number of benzene rings is 1. The number of hydrogen-bond donors (Lipinski definition) is 0. The molecule has 0 bridgehead atoms. The second kappa shape index (κ2) is 8.42. The van der Waals surface area contributed by atoms with Crippen LogP contribution in [0, 0.1) is 23.7 Å². The van der Waals surface area contributed by atoms with Gasteiger partial charge >= 0.3 is 0 Å². The molecule has 1 aliphatic carbocycles. The number of hydrogen-bond acceptors (Lipinski definition) is 2. The average Bonchev–Trinajstić information content (AvgIpc) is 2.54. The summed E-state index contributed by atoms with van der Waals surface area (Å²) < 4.78 is 0. The summed E-state index contributed by atoms with van der Waals surface area (Å²) >= 11 is 0. The molecule has 1 aliphatic rings. The Labute approximate surface area is 140 Å². The molecule has 2 nitrogen and oxygen atoms in total. The average molecular weight is 314 g/mol. The number of Topliss-reactive ketones (excluding diaryl/α,β-unsaturated/α-hetero) is 2. The molecule has 2 heteroatoms. The summed E-state index contributed by atoms with van der Waals surface area (Å²) in [5.41, 5.74) is 0.835. The van der Waals surface area contributed by atoms with Crippen LogP contribution in [0.3, 0.4) is 0 Å². The molecule has 1 aromatic carbocycles. The summed E-state index contributed by atoms with van der Waals surface area (Å²) in [6.45, 7) is 6.38. The summed E-state index contributed by atoms with van der Waals surface area (Å²) in [4.78, 5) is 24.7. The topological polar surface area (TPSA) is 34.1 Å². The fourth-order valence-corrected chi connectivity index (χ4v) is 3.89. The van der Waals surface area contributed by atoms with Gasteiger partial charge in [-0.15, -0.1) is 0 Å². The van der Waals surface area contributed by atoms with Gasteiger partial charge in [-0.1, -0.05) is 63.9 Å². The fraction of sp³-hybridized carbons (Fsp3) is 0.619. The first-order valence-corrected chi connectivity index (χ1v) is 9.08. The molecule has 126 valence electrons. The monoisotopic (exact) mass is 314 g/mol. The minimum absolute atomic E-state index is 0.138. The maximum Gasteiger partial charge on any atom is 0.165 e. The molecule has 1 aromatic rings. The standard InChI is InChI=1S/C21H30O2/c1-15(2)12-20(22)13-16(3)18-10-7-11-19(14-18)21(23)17-8-5-4-6-9-17/h4-6,8-9,15-16,18-19H,7,10-14H2,1-3H3/t16-,18?,19?/m1/s1. The van der Waals surface area contributed by atoms with E-state index in [2.05, 4.69) is 20.8 Å². The third-order valence-electron chi connectivity index (χ3n) is 5.13. The van der Waals surface area contributed by atoms with Crippen LogP contribution in [0.1, 0.15) is 69.7 Å². The van der Waals surface area contributed by atoms with Crippen molar-refractivity contribution in [3.05, 3.63) is 35.9 Å². The van der Waals surface area contributed by atoms with Gasteiger partial charge in [-0.3, -0.25) is 9.59 Å². The van der Waals surface area contributed by atoms with E-state index in [1.165, 1.54) is 0 Å². The molecule has 3 atom stereocenters. The number of rotatable bonds is 7. The molecule has 23 heavy (non-hydrogen) atoms. The minimum atomic E-state index is 0.138. The van der Waals surface area contributed by atoms with Gasteiger partial charge in [-0.2, -0.15) is 0 Å². The highest BCUT2D eigenvalue weighted by molar-refractivity contribution is 5.97. The highest BCUT2D eigenvalue weighted by atomic mass is 16.1. The summed E-state index contributed by atoms with van der Waals surface area (Å²) in [7, 11) is 0. The molecule has 0 aliphatic heterocycles. The van der Waals surface area contributed by atoms with Crippen molar-refractivity contribution in [2.75, 3.05) is 0 Å². The van der Waals surface area contributed by atoms with Crippen LogP contribution in [-0.2, 0) is 4.79 Å². The Morgan fingerprint density at radius 1 is 1.04 bits per heavy atom. The van der Waals surface area contributed by atoms with Crippen LogP contribution in [-0.4, -0.2) is 11.6 Å². The summed E-state index contributed by atoms with van der Waals surface area (Å²) in [5, 5.41) is 0. The lowest BCUT2D eigenvalue weighted by atomic mass is 9.72. The predicted molar refractivity (Wildman–Crippen MR) is 94.5 cm³/mol. The van der Waals surface area contributed by atoms with Crippen molar-refractivity contribution in [3.63, 3.8) is 0 Å². The van der Waals surface area contributed by atoms with Crippen molar-refractivity contribution < 1.29 is 9.59 Å². The van der Waals surface area contributed by atoms with Gasteiger partial charge in [0.25, 0.3) is 0 Å². The Kier molecular flexibility index (Phi) is 6.56. The molecule has 0 aromatic heterocycles. The summed E-state index contributed by atoms with van der Waals surface area (Å²) in [6, 6.07) is 9.65. The van der Waals surface area contributed by atoms with Gasteiger partial charge in [0.05, 0.1) is 0 Å². The van der Waals surface area contributed by atoms with E-state index >= 15 is 0 Å². The third-order valence-corrected chi connectivity index (χ3v) is 5.13. The van der Waals surface area contributed by atoms with Crippen molar-refractivity contribution in [2.24, 2.45) is 23.7 Å². The summed E-state index contributed by atoms with van der Waals surface area (Å²) in [5.74, 6) is 2.15. The second-order valence-corrected chi connectivity index (χ2v) is 7.67. The Morgan fingerprint density at radius 2 is 1.74 bits per heavy atom. The lowest BCUT2D eigenvalue weighted by Gasteiger charge is -2.32. The van der Waals surface area contributed by atoms with Crippen LogP contribution >= 0.6 is 0 Å². The SMILES string of the molecule is CC(C)CC(=O)C[C@@H](C)C1CCCC(C(=O)c2ccccc2)C1. The van der Waals surface area contributed by atoms with E-state index in [4.69, 9.17) is 0 Å². The molecular formula is C21H30O2. The number of carbonyl (C=O) groups excluding carboxylic acids is 2. The molecule has 0 N–H and O–H groups in total. The molecule has 0 radical (unpaired) electrons. The molecule has 0 saturated heterocycles. The number of carbonyl (C=O) groups is 2.